The number of aldehydes is 1. The lowest BCUT2D eigenvalue weighted by molar-refractivity contribution is -0.109. The summed E-state index contributed by atoms with van der Waals surface area (Å²) in [7, 11) is 0. The highest BCUT2D eigenvalue weighted by atomic mass is 16.6. The molecule has 0 spiro atoms. The highest BCUT2D eigenvalue weighted by Crippen LogP contribution is 2.09. The predicted octanol–water partition coefficient (Wildman–Crippen LogP) is 2.77. The molecule has 0 aromatic carbocycles. The number of carbonyl (C=O) groups is 2. The lowest BCUT2D eigenvalue weighted by Gasteiger charge is -2.21. The number of alkyl carbamates (subject to hydrolysis) is 1. The van der Waals surface area contributed by atoms with Crippen molar-refractivity contribution in [2.45, 2.75) is 38.8 Å². The summed E-state index contributed by atoms with van der Waals surface area (Å²) in [6, 6.07) is -0.635. The Bertz CT molecular complexity index is 351. The number of allylic oxidation sites excluding steroid dienone is 3. The molecule has 0 saturated carbocycles. The van der Waals surface area contributed by atoms with E-state index in [1.54, 1.807) is 39.0 Å². The standard InChI is InChI=1S/C14H21NO3/c1-6-8-11(7-2)9-12(10-16)15-13(17)18-14(3,4)5/h6-8,10,12H,1-2,9H2,3-5H3,(H,15,17)/b11-8+. The van der Waals surface area contributed by atoms with Crippen molar-refractivity contribution in [1.29, 1.82) is 0 Å². The van der Waals surface area contributed by atoms with Crippen molar-refractivity contribution in [3.8, 4) is 0 Å². The van der Waals surface area contributed by atoms with E-state index in [-0.39, 0.29) is 0 Å². The highest BCUT2D eigenvalue weighted by Gasteiger charge is 2.19. The van der Waals surface area contributed by atoms with Crippen molar-refractivity contribution in [3.05, 3.63) is 37.0 Å². The Labute approximate surface area is 108 Å². The van der Waals surface area contributed by atoms with Crippen molar-refractivity contribution in [2.75, 3.05) is 0 Å². The number of hydrogen-bond donors (Lipinski definition) is 1. The van der Waals surface area contributed by atoms with Gasteiger partial charge >= 0.3 is 6.09 Å². The Morgan fingerprint density at radius 2 is 2.00 bits per heavy atom. The van der Waals surface area contributed by atoms with Crippen molar-refractivity contribution in [2.24, 2.45) is 0 Å². The molecule has 1 amide bonds. The summed E-state index contributed by atoms with van der Waals surface area (Å²) >= 11 is 0. The minimum Gasteiger partial charge on any atom is -0.444 e. The summed E-state index contributed by atoms with van der Waals surface area (Å²) in [6.07, 6.45) is 5.38. The van der Waals surface area contributed by atoms with Crippen molar-refractivity contribution in [1.82, 2.24) is 5.32 Å². The van der Waals surface area contributed by atoms with Gasteiger partial charge in [0.25, 0.3) is 0 Å². The fourth-order valence-corrected chi connectivity index (χ4v) is 1.22. The molecule has 0 saturated heterocycles. The summed E-state index contributed by atoms with van der Waals surface area (Å²) in [5.74, 6) is 0. The molecule has 1 unspecified atom stereocenters. The van der Waals surface area contributed by atoms with E-state index in [1.807, 2.05) is 0 Å². The van der Waals surface area contributed by atoms with E-state index < -0.39 is 17.7 Å². The third kappa shape index (κ3) is 7.44. The smallest absolute Gasteiger partial charge is 0.408 e. The summed E-state index contributed by atoms with van der Waals surface area (Å²) in [4.78, 5) is 22.4. The second kappa shape index (κ2) is 7.48. The molecule has 4 heteroatoms. The van der Waals surface area contributed by atoms with Crippen LogP contribution in [0.5, 0.6) is 0 Å². The predicted molar refractivity (Wildman–Crippen MR) is 72.3 cm³/mol. The van der Waals surface area contributed by atoms with Crippen molar-refractivity contribution in [3.63, 3.8) is 0 Å². The molecule has 0 bridgehead atoms. The maximum absolute atomic E-state index is 11.5. The molecule has 1 N–H and O–H groups in total. The molecule has 0 radical (unpaired) electrons. The van der Waals surface area contributed by atoms with Gasteiger partial charge in [0.15, 0.2) is 0 Å². The Hall–Kier alpha value is -1.84. The molecule has 1 atom stereocenters. The zero-order chi connectivity index (χ0) is 14.2. The summed E-state index contributed by atoms with van der Waals surface area (Å²) in [5, 5.41) is 2.49. The van der Waals surface area contributed by atoms with Gasteiger partial charge in [-0.1, -0.05) is 31.4 Å². The van der Waals surface area contributed by atoms with Gasteiger partial charge in [0.1, 0.15) is 11.9 Å². The minimum absolute atomic E-state index is 0.359. The van der Waals surface area contributed by atoms with E-state index in [9.17, 15) is 9.59 Å². The van der Waals surface area contributed by atoms with Gasteiger partial charge in [-0.25, -0.2) is 4.79 Å². The molecule has 0 fully saturated rings. The fraction of sp³-hybridized carbons (Fsp3) is 0.429. The van der Waals surface area contributed by atoms with Gasteiger partial charge < -0.3 is 14.8 Å². The van der Waals surface area contributed by atoms with Crippen molar-refractivity contribution < 1.29 is 14.3 Å². The molecule has 0 aliphatic heterocycles. The Morgan fingerprint density at radius 3 is 2.39 bits per heavy atom. The molecule has 0 aromatic rings. The molecule has 0 heterocycles. The minimum atomic E-state index is -0.635. The monoisotopic (exact) mass is 251 g/mol. The number of nitrogens with one attached hydrogen (secondary N) is 1. The first kappa shape index (κ1) is 16.2. The maximum Gasteiger partial charge on any atom is 0.408 e. The van der Waals surface area contributed by atoms with Crippen LogP contribution >= 0.6 is 0 Å². The summed E-state index contributed by atoms with van der Waals surface area (Å²) < 4.78 is 5.07. The van der Waals surface area contributed by atoms with Gasteiger partial charge in [-0.15, -0.1) is 0 Å². The average molecular weight is 251 g/mol. The topological polar surface area (TPSA) is 55.4 Å². The lowest BCUT2D eigenvalue weighted by atomic mass is 10.1. The van der Waals surface area contributed by atoms with Crippen LogP contribution in [0.1, 0.15) is 27.2 Å². The van der Waals surface area contributed by atoms with Crippen LogP contribution in [0.15, 0.2) is 37.0 Å². The van der Waals surface area contributed by atoms with E-state index in [4.69, 9.17) is 4.74 Å². The normalized spacial score (nSPS) is 13.4. The van der Waals surface area contributed by atoms with Crippen molar-refractivity contribution >= 4 is 12.4 Å². The van der Waals surface area contributed by atoms with E-state index in [1.165, 1.54) is 0 Å². The molecular weight excluding hydrogens is 230 g/mol. The largest absolute Gasteiger partial charge is 0.444 e. The van der Waals surface area contributed by atoms with Crippen LogP contribution < -0.4 is 5.32 Å². The van der Waals surface area contributed by atoms with Gasteiger partial charge in [0.2, 0.25) is 0 Å². The molecule has 4 nitrogen and oxygen atoms in total. The van der Waals surface area contributed by atoms with Gasteiger partial charge in [0.05, 0.1) is 6.04 Å². The van der Waals surface area contributed by atoms with Gasteiger partial charge in [-0.2, -0.15) is 0 Å². The quantitative estimate of drug-likeness (QED) is 0.583. The zero-order valence-corrected chi connectivity index (χ0v) is 11.2. The molecular formula is C14H21NO3. The van der Waals surface area contributed by atoms with E-state index in [0.29, 0.717) is 12.7 Å². The van der Waals surface area contributed by atoms with Crippen LogP contribution in [-0.4, -0.2) is 24.0 Å². The second-order valence-electron chi connectivity index (χ2n) is 4.77. The van der Waals surface area contributed by atoms with Crippen LogP contribution in [0.25, 0.3) is 0 Å². The highest BCUT2D eigenvalue weighted by molar-refractivity contribution is 5.73. The number of carbonyl (C=O) groups excluding carboxylic acids is 2. The molecule has 18 heavy (non-hydrogen) atoms. The first-order valence-corrected chi connectivity index (χ1v) is 5.71. The summed E-state index contributed by atoms with van der Waals surface area (Å²) in [5.41, 5.74) is 0.230. The Balaban J connectivity index is 4.48. The summed E-state index contributed by atoms with van der Waals surface area (Å²) in [6.45, 7) is 12.5. The Kier molecular flexibility index (Phi) is 6.71. The van der Waals surface area contributed by atoms with Gasteiger partial charge in [-0.3, -0.25) is 0 Å². The maximum atomic E-state index is 11.5. The van der Waals surface area contributed by atoms with Crippen LogP contribution in [0.2, 0.25) is 0 Å². The Morgan fingerprint density at radius 1 is 1.39 bits per heavy atom. The third-order valence-electron chi connectivity index (χ3n) is 1.92. The van der Waals surface area contributed by atoms with Gasteiger partial charge in [-0.05, 0) is 32.8 Å². The second-order valence-corrected chi connectivity index (χ2v) is 4.77. The lowest BCUT2D eigenvalue weighted by Crippen LogP contribution is -2.40. The first-order chi connectivity index (χ1) is 8.32. The third-order valence-corrected chi connectivity index (χ3v) is 1.92. The zero-order valence-electron chi connectivity index (χ0n) is 11.2. The molecule has 0 aliphatic carbocycles. The molecule has 0 rings (SSSR count). The van der Waals surface area contributed by atoms with Crippen LogP contribution in [0, 0.1) is 0 Å². The number of amides is 1. The molecule has 0 aromatic heterocycles. The SMILES string of the molecule is C=C/C=C(\C=C)CC(C=O)NC(=O)OC(C)(C)C. The molecule has 0 aliphatic rings. The first-order valence-electron chi connectivity index (χ1n) is 5.71. The van der Waals surface area contributed by atoms with E-state index >= 15 is 0 Å². The van der Waals surface area contributed by atoms with Crippen LogP contribution in [0.4, 0.5) is 4.79 Å². The number of rotatable bonds is 6. The fourth-order valence-electron chi connectivity index (χ4n) is 1.22. The van der Waals surface area contributed by atoms with Crippen LogP contribution in [0.3, 0.4) is 0 Å². The van der Waals surface area contributed by atoms with E-state index in [0.717, 1.165) is 5.57 Å². The average Bonchev–Trinajstić information content (AvgIpc) is 2.24. The van der Waals surface area contributed by atoms with Gasteiger partial charge in [0, 0.05) is 0 Å². The number of hydrogen-bond acceptors (Lipinski definition) is 3. The van der Waals surface area contributed by atoms with E-state index in [2.05, 4.69) is 18.5 Å². The molecule has 100 valence electrons. The van der Waals surface area contributed by atoms with Crippen LogP contribution in [-0.2, 0) is 9.53 Å². The number of ether oxygens (including phenoxy) is 1.